The minimum Gasteiger partial charge on any atom is -0.481 e. The van der Waals surface area contributed by atoms with Gasteiger partial charge in [-0.3, -0.25) is 4.79 Å². The van der Waals surface area contributed by atoms with E-state index in [1.807, 2.05) is 18.7 Å². The van der Waals surface area contributed by atoms with E-state index < -0.39 is 5.97 Å². The Morgan fingerprint density at radius 2 is 2.10 bits per heavy atom. The Bertz CT molecular complexity index is 326. The summed E-state index contributed by atoms with van der Waals surface area (Å²) < 4.78 is 0. The molecular formula is C14H26N2O3S. The summed E-state index contributed by atoms with van der Waals surface area (Å²) in [6.45, 7) is 2.62. The molecule has 0 aliphatic heterocycles. The number of urea groups is 1. The van der Waals surface area contributed by atoms with Crippen molar-refractivity contribution in [3.63, 3.8) is 0 Å². The summed E-state index contributed by atoms with van der Waals surface area (Å²) in [6.07, 6.45) is 7.19. The molecule has 0 aromatic carbocycles. The van der Waals surface area contributed by atoms with Gasteiger partial charge in [0.2, 0.25) is 0 Å². The van der Waals surface area contributed by atoms with Crippen LogP contribution in [0.3, 0.4) is 0 Å². The van der Waals surface area contributed by atoms with Gasteiger partial charge in [-0.05, 0) is 37.9 Å². The molecule has 0 heterocycles. The molecule has 1 rings (SSSR count). The Morgan fingerprint density at radius 3 is 2.75 bits per heavy atom. The first-order valence-corrected chi connectivity index (χ1v) is 8.60. The Balaban J connectivity index is 2.12. The molecule has 0 spiro atoms. The van der Waals surface area contributed by atoms with Crippen LogP contribution in [0.5, 0.6) is 0 Å². The van der Waals surface area contributed by atoms with Gasteiger partial charge in [-0.2, -0.15) is 11.8 Å². The zero-order valence-corrected chi connectivity index (χ0v) is 13.2. The molecule has 0 aromatic rings. The molecular weight excluding hydrogens is 276 g/mol. The van der Waals surface area contributed by atoms with Crippen molar-refractivity contribution in [2.24, 2.45) is 5.92 Å². The highest BCUT2D eigenvalue weighted by molar-refractivity contribution is 7.99. The number of carbonyl (C=O) groups is 2. The third-order valence-electron chi connectivity index (χ3n) is 3.85. The minimum atomic E-state index is -0.758. The Labute approximate surface area is 125 Å². The van der Waals surface area contributed by atoms with E-state index in [2.05, 4.69) is 16.9 Å². The van der Waals surface area contributed by atoms with Gasteiger partial charge in [0.15, 0.2) is 0 Å². The lowest BCUT2D eigenvalue weighted by molar-refractivity contribution is -0.137. The highest BCUT2D eigenvalue weighted by Crippen LogP contribution is 2.28. The van der Waals surface area contributed by atoms with E-state index in [-0.39, 0.29) is 18.5 Å². The molecule has 20 heavy (non-hydrogen) atoms. The molecule has 1 aliphatic carbocycles. The van der Waals surface area contributed by atoms with Gasteiger partial charge in [-0.15, -0.1) is 0 Å². The fourth-order valence-electron chi connectivity index (χ4n) is 2.54. The molecule has 1 fully saturated rings. The Morgan fingerprint density at radius 1 is 1.35 bits per heavy atom. The van der Waals surface area contributed by atoms with E-state index in [4.69, 9.17) is 5.11 Å². The summed E-state index contributed by atoms with van der Waals surface area (Å²) in [7, 11) is 0. The first-order chi connectivity index (χ1) is 9.52. The number of carboxylic acids is 1. The largest absolute Gasteiger partial charge is 0.481 e. The predicted molar refractivity (Wildman–Crippen MR) is 82.1 cm³/mol. The number of nitrogens with one attached hydrogen (secondary N) is 2. The standard InChI is InChI=1S/C14H26N2O3S/c1-10(6-7-13(17)18)8-9-15-14(19)16-11-4-3-5-12(11)20-2/h10-12H,3-9H2,1-2H3,(H,17,18)(H2,15,16,19). The summed E-state index contributed by atoms with van der Waals surface area (Å²) in [5, 5.41) is 15.0. The number of carbonyl (C=O) groups excluding carboxylic acids is 1. The van der Waals surface area contributed by atoms with Crippen molar-refractivity contribution in [2.75, 3.05) is 12.8 Å². The first-order valence-electron chi connectivity index (χ1n) is 7.32. The number of hydrogen-bond acceptors (Lipinski definition) is 3. The molecule has 0 bridgehead atoms. The number of carboxylic acid groups (broad SMARTS) is 1. The predicted octanol–water partition coefficient (Wildman–Crippen LogP) is 2.46. The van der Waals surface area contributed by atoms with Gasteiger partial charge in [-0.25, -0.2) is 4.79 Å². The van der Waals surface area contributed by atoms with Crippen molar-refractivity contribution >= 4 is 23.8 Å². The smallest absolute Gasteiger partial charge is 0.315 e. The summed E-state index contributed by atoms with van der Waals surface area (Å²) in [5.74, 6) is -0.441. The summed E-state index contributed by atoms with van der Waals surface area (Å²) in [5.41, 5.74) is 0. The second kappa shape index (κ2) is 9.10. The first kappa shape index (κ1) is 17.1. The summed E-state index contributed by atoms with van der Waals surface area (Å²) in [4.78, 5) is 22.2. The highest BCUT2D eigenvalue weighted by atomic mass is 32.2. The van der Waals surface area contributed by atoms with Crippen LogP contribution in [0, 0.1) is 5.92 Å². The maximum absolute atomic E-state index is 11.8. The van der Waals surface area contributed by atoms with Crippen LogP contribution >= 0.6 is 11.8 Å². The van der Waals surface area contributed by atoms with Gasteiger partial charge >= 0.3 is 12.0 Å². The monoisotopic (exact) mass is 302 g/mol. The van der Waals surface area contributed by atoms with Gasteiger partial charge in [0.25, 0.3) is 0 Å². The second-order valence-corrected chi connectivity index (χ2v) is 6.61. The Hall–Kier alpha value is -0.910. The fourth-order valence-corrected chi connectivity index (χ4v) is 3.47. The molecule has 3 N–H and O–H groups in total. The lowest BCUT2D eigenvalue weighted by Crippen LogP contribution is -2.45. The molecule has 2 amide bonds. The van der Waals surface area contributed by atoms with Crippen LogP contribution in [0.15, 0.2) is 0 Å². The van der Waals surface area contributed by atoms with E-state index in [1.165, 1.54) is 12.8 Å². The lowest BCUT2D eigenvalue weighted by atomic mass is 10.0. The molecule has 0 aromatic heterocycles. The van der Waals surface area contributed by atoms with Gasteiger partial charge in [-0.1, -0.05) is 13.3 Å². The Kier molecular flexibility index (Phi) is 7.80. The molecule has 3 atom stereocenters. The molecule has 0 radical (unpaired) electrons. The summed E-state index contributed by atoms with van der Waals surface area (Å²) >= 11 is 1.82. The van der Waals surface area contributed by atoms with E-state index >= 15 is 0 Å². The summed E-state index contributed by atoms with van der Waals surface area (Å²) in [6, 6.07) is 0.191. The fraction of sp³-hybridized carbons (Fsp3) is 0.857. The number of aliphatic carboxylic acids is 1. The van der Waals surface area contributed by atoms with Gasteiger partial charge in [0.1, 0.15) is 0 Å². The molecule has 0 saturated heterocycles. The van der Waals surface area contributed by atoms with E-state index in [0.29, 0.717) is 24.1 Å². The SMILES string of the molecule is CSC1CCCC1NC(=O)NCCC(C)CCC(=O)O. The second-order valence-electron chi connectivity index (χ2n) is 5.54. The third kappa shape index (κ3) is 6.50. The topological polar surface area (TPSA) is 78.4 Å². The lowest BCUT2D eigenvalue weighted by Gasteiger charge is -2.19. The van der Waals surface area contributed by atoms with Crippen molar-refractivity contribution in [3.05, 3.63) is 0 Å². The maximum Gasteiger partial charge on any atom is 0.315 e. The van der Waals surface area contributed by atoms with Gasteiger partial charge < -0.3 is 15.7 Å². The van der Waals surface area contributed by atoms with Gasteiger partial charge in [0.05, 0.1) is 0 Å². The number of amides is 2. The van der Waals surface area contributed by atoms with Crippen molar-refractivity contribution in [2.45, 2.75) is 56.7 Å². The van der Waals surface area contributed by atoms with Crippen LogP contribution in [0.2, 0.25) is 0 Å². The zero-order chi connectivity index (χ0) is 15.0. The molecule has 6 heteroatoms. The van der Waals surface area contributed by atoms with E-state index in [1.54, 1.807) is 0 Å². The van der Waals surface area contributed by atoms with E-state index in [9.17, 15) is 9.59 Å². The molecule has 116 valence electrons. The average molecular weight is 302 g/mol. The van der Waals surface area contributed by atoms with Crippen molar-refractivity contribution in [1.82, 2.24) is 10.6 Å². The molecule has 5 nitrogen and oxygen atoms in total. The number of hydrogen-bond donors (Lipinski definition) is 3. The normalized spacial score (nSPS) is 23.3. The molecule has 1 saturated carbocycles. The number of rotatable bonds is 8. The van der Waals surface area contributed by atoms with Crippen molar-refractivity contribution in [1.29, 1.82) is 0 Å². The quantitative estimate of drug-likeness (QED) is 0.643. The highest BCUT2D eigenvalue weighted by Gasteiger charge is 2.27. The van der Waals surface area contributed by atoms with E-state index in [0.717, 1.165) is 12.8 Å². The molecule has 3 unspecified atom stereocenters. The maximum atomic E-state index is 11.8. The van der Waals surface area contributed by atoms with Crippen LogP contribution in [0.25, 0.3) is 0 Å². The zero-order valence-electron chi connectivity index (χ0n) is 12.4. The number of thioether (sulfide) groups is 1. The van der Waals surface area contributed by atoms with Crippen LogP contribution < -0.4 is 10.6 Å². The van der Waals surface area contributed by atoms with Crippen LogP contribution in [-0.4, -0.2) is 41.2 Å². The van der Waals surface area contributed by atoms with Crippen molar-refractivity contribution < 1.29 is 14.7 Å². The van der Waals surface area contributed by atoms with Crippen LogP contribution in [0.1, 0.15) is 45.4 Å². The van der Waals surface area contributed by atoms with Gasteiger partial charge in [0, 0.05) is 24.3 Å². The van der Waals surface area contributed by atoms with Crippen LogP contribution in [0.4, 0.5) is 4.79 Å². The average Bonchev–Trinajstić information content (AvgIpc) is 2.83. The van der Waals surface area contributed by atoms with Crippen LogP contribution in [-0.2, 0) is 4.79 Å². The minimum absolute atomic E-state index is 0.0959. The van der Waals surface area contributed by atoms with Crippen molar-refractivity contribution in [3.8, 4) is 0 Å². The molecule has 1 aliphatic rings. The third-order valence-corrected chi connectivity index (χ3v) is 5.02.